The molecule has 4 aliphatic heterocycles. The van der Waals surface area contributed by atoms with E-state index in [0.29, 0.717) is 11.8 Å². The van der Waals surface area contributed by atoms with Crippen molar-refractivity contribution in [2.45, 2.75) is 181 Å². The molecule has 0 spiro atoms. The number of hydrogen-bond acceptors (Lipinski definition) is 10. The van der Waals surface area contributed by atoms with E-state index in [2.05, 4.69) is 270 Å². The van der Waals surface area contributed by atoms with Crippen molar-refractivity contribution >= 4 is 80.8 Å². The minimum Gasteiger partial charge on any atom is -0.496 e. The molecule has 468 valence electrons. The van der Waals surface area contributed by atoms with E-state index in [-0.39, 0.29) is 10.8 Å². The Bertz CT molecular complexity index is 3710. The Kier molecular flexibility index (Phi) is 20.2. The van der Waals surface area contributed by atoms with Crippen LogP contribution in [-0.4, -0.2) is 42.4 Å². The number of rotatable bonds is 9. The Hall–Kier alpha value is -6.59. The highest BCUT2D eigenvalue weighted by Gasteiger charge is 2.31. The van der Waals surface area contributed by atoms with Crippen LogP contribution in [0.25, 0.3) is 0 Å². The second-order valence-corrected chi connectivity index (χ2v) is 30.5. The molecule has 7 nitrogen and oxygen atoms in total. The molecule has 0 saturated heterocycles. The van der Waals surface area contributed by atoms with E-state index < -0.39 is 0 Å². The number of benzene rings is 8. The van der Waals surface area contributed by atoms with Crippen LogP contribution in [0.3, 0.4) is 0 Å². The van der Waals surface area contributed by atoms with Gasteiger partial charge in [0, 0.05) is 68.7 Å². The molecule has 89 heavy (non-hydrogen) atoms. The fraction of sp³-hybridized carbons (Fsp3) is 0.392. The maximum absolute atomic E-state index is 6.36. The molecular formula is C79H96N4O3S3. The van der Waals surface area contributed by atoms with Gasteiger partial charge in [-0.05, 0) is 180 Å². The molecule has 10 heteroatoms. The minimum atomic E-state index is 0.182. The van der Waals surface area contributed by atoms with Gasteiger partial charge in [0.2, 0.25) is 0 Å². The Balaban J connectivity index is 0.000000131. The van der Waals surface area contributed by atoms with E-state index >= 15 is 0 Å². The molecule has 8 aromatic rings. The topological polar surface area (TPSA) is 40.7 Å². The smallest absolute Gasteiger partial charge is 0.154 e. The van der Waals surface area contributed by atoms with Gasteiger partial charge >= 0.3 is 0 Å². The molecule has 1 fully saturated rings. The zero-order valence-electron chi connectivity index (χ0n) is 56.4. The van der Waals surface area contributed by atoms with E-state index in [9.17, 15) is 0 Å². The van der Waals surface area contributed by atoms with Crippen LogP contribution in [-0.2, 0) is 36.5 Å². The van der Waals surface area contributed by atoms with E-state index in [4.69, 9.17) is 14.2 Å². The van der Waals surface area contributed by atoms with Gasteiger partial charge in [-0.25, -0.2) is 0 Å². The second-order valence-electron chi connectivity index (χ2n) is 27.3. The predicted molar refractivity (Wildman–Crippen MR) is 384 cm³/mol. The number of fused-ring (bicyclic) bond motifs is 8. The van der Waals surface area contributed by atoms with Gasteiger partial charge < -0.3 is 33.8 Å². The monoisotopic (exact) mass is 1240 g/mol. The maximum Gasteiger partial charge on any atom is 0.154 e. The van der Waals surface area contributed by atoms with Crippen molar-refractivity contribution in [1.82, 2.24) is 0 Å². The number of hydrogen-bond donors (Lipinski definition) is 0. The SMILES string of the molecule is CC(C)Cc1cccc2c1Oc1cccc(CC(C)C)c1N2C.CCc1c(OC)ccc2c1Sc1c(ccc(OC)c1CC)N2C.CN1c2ccc(C(C)(C)C)cc2Sc2cc(C(C)(C)C)ccc21.CN1c2ccccc2Sc2cc(C3CCCC3)ccc21. The van der Waals surface area contributed by atoms with Gasteiger partial charge in [0.1, 0.15) is 11.5 Å². The van der Waals surface area contributed by atoms with Gasteiger partial charge in [-0.3, -0.25) is 0 Å². The molecule has 1 saturated carbocycles. The summed E-state index contributed by atoms with van der Waals surface area (Å²) in [5.74, 6) is 5.98. The van der Waals surface area contributed by atoms with E-state index in [1.165, 1.54) is 134 Å². The van der Waals surface area contributed by atoms with Crippen molar-refractivity contribution in [2.24, 2.45) is 11.8 Å². The molecule has 1 aliphatic carbocycles. The second kappa shape index (κ2) is 27.5. The normalized spacial score (nSPS) is 14.4. The largest absolute Gasteiger partial charge is 0.496 e. The summed E-state index contributed by atoms with van der Waals surface area (Å²) in [4.78, 5) is 17.3. The lowest BCUT2D eigenvalue weighted by atomic mass is 9.86. The minimum absolute atomic E-state index is 0.182. The quantitative estimate of drug-likeness (QED) is 0.140. The van der Waals surface area contributed by atoms with Crippen molar-refractivity contribution in [3.05, 3.63) is 178 Å². The average molecular weight is 1250 g/mol. The molecule has 8 aromatic carbocycles. The lowest BCUT2D eigenvalue weighted by Gasteiger charge is -2.33. The standard InChI is InChI=1S/C21H27NO.C21H27NS.C19H23NO2S.C18H19NS/c1-14(2)12-16-8-7-11-19-20(16)22(5)18-10-6-9-17(13-15(3)4)21(18)23-19;1-20(2,3)14-8-10-16-18(12-14)23-19-13-15(21(4,5)6)9-11-17(19)22(16)7;1-6-12-16(21-4)10-8-14-18(12)23-19-13(7-2)17(22-5)11-9-15(19)20(14)3;1-19-15-8-4-5-9-17(15)20-18-12-14(10-11-16(18)19)13-6-2-3-7-13/h6-11,14-15H,12-13H2,1-5H3;8-13H,1-7H3;8-11H,6-7H2,1-5H3;4-5,8-13H,2-3,6-7H2,1H3. The van der Waals surface area contributed by atoms with E-state index in [0.717, 1.165) is 54.6 Å². The first-order chi connectivity index (χ1) is 42.5. The molecule has 5 aliphatic rings. The fourth-order valence-electron chi connectivity index (χ4n) is 13.1. The Morgan fingerprint density at radius 3 is 1.45 bits per heavy atom. The third-order valence-corrected chi connectivity index (χ3v) is 21.5. The van der Waals surface area contributed by atoms with Crippen LogP contribution in [0.1, 0.15) is 154 Å². The van der Waals surface area contributed by atoms with Crippen molar-refractivity contribution in [1.29, 1.82) is 0 Å². The van der Waals surface area contributed by atoms with Gasteiger partial charge in [0.05, 0.1) is 59.7 Å². The molecular weight excluding hydrogens is 1150 g/mol. The van der Waals surface area contributed by atoms with Crippen molar-refractivity contribution in [2.75, 3.05) is 62.0 Å². The third kappa shape index (κ3) is 13.9. The van der Waals surface area contributed by atoms with Crippen molar-refractivity contribution in [3.8, 4) is 23.0 Å². The molecule has 0 N–H and O–H groups in total. The van der Waals surface area contributed by atoms with Crippen molar-refractivity contribution < 1.29 is 14.2 Å². The van der Waals surface area contributed by atoms with Gasteiger partial charge in [-0.15, -0.1) is 0 Å². The zero-order chi connectivity index (χ0) is 63.6. The molecule has 0 bridgehead atoms. The molecule has 0 amide bonds. The Morgan fingerprint density at radius 2 is 0.921 bits per heavy atom. The summed E-state index contributed by atoms with van der Waals surface area (Å²) in [5, 5.41) is 0. The molecule has 0 unspecified atom stereocenters. The maximum atomic E-state index is 6.36. The van der Waals surface area contributed by atoms with Crippen molar-refractivity contribution in [3.63, 3.8) is 0 Å². The number of methoxy groups -OCH3 is 2. The molecule has 0 atom stereocenters. The van der Waals surface area contributed by atoms with Crippen LogP contribution in [0.4, 0.5) is 45.5 Å². The molecule has 0 aromatic heterocycles. The fourth-order valence-corrected chi connectivity index (χ4v) is 17.0. The van der Waals surface area contributed by atoms with Gasteiger partial charge in [0.25, 0.3) is 0 Å². The van der Waals surface area contributed by atoms with Crippen LogP contribution >= 0.6 is 35.3 Å². The van der Waals surface area contributed by atoms with E-state index in [1.807, 2.05) is 35.3 Å². The Labute approximate surface area is 547 Å². The Morgan fingerprint density at radius 1 is 0.472 bits per heavy atom. The molecule has 0 radical (unpaired) electrons. The highest BCUT2D eigenvalue weighted by molar-refractivity contribution is 8.00. The first-order valence-corrected chi connectivity index (χ1v) is 34.8. The first-order valence-electron chi connectivity index (χ1n) is 32.3. The van der Waals surface area contributed by atoms with E-state index in [1.54, 1.807) is 19.8 Å². The number of para-hydroxylation sites is 3. The first kappa shape index (κ1) is 65.4. The number of anilines is 8. The zero-order valence-corrected chi connectivity index (χ0v) is 58.9. The van der Waals surface area contributed by atoms with Crippen LogP contribution in [0.5, 0.6) is 23.0 Å². The van der Waals surface area contributed by atoms with Gasteiger partial charge in [0.15, 0.2) is 11.5 Å². The highest BCUT2D eigenvalue weighted by Crippen LogP contribution is 2.55. The third-order valence-electron chi connectivity index (χ3n) is 18.0. The van der Waals surface area contributed by atoms with Crippen LogP contribution < -0.4 is 33.8 Å². The molecule has 4 heterocycles. The van der Waals surface area contributed by atoms with Crippen LogP contribution in [0.2, 0.25) is 0 Å². The number of nitrogens with zero attached hydrogens (tertiary/aromatic N) is 4. The number of ether oxygens (including phenoxy) is 3. The summed E-state index contributed by atoms with van der Waals surface area (Å²) in [5.41, 5.74) is 20.1. The summed E-state index contributed by atoms with van der Waals surface area (Å²) in [6.45, 7) is 27.0. The summed E-state index contributed by atoms with van der Waals surface area (Å²) in [6.07, 6.45) is 9.55. The lowest BCUT2D eigenvalue weighted by molar-refractivity contribution is 0.408. The van der Waals surface area contributed by atoms with Gasteiger partial charge in [-0.2, -0.15) is 0 Å². The summed E-state index contributed by atoms with van der Waals surface area (Å²) < 4.78 is 17.5. The average Bonchev–Trinajstić information content (AvgIpc) is 1.49. The highest BCUT2D eigenvalue weighted by atomic mass is 32.2. The molecule has 13 rings (SSSR count). The summed E-state index contributed by atoms with van der Waals surface area (Å²) >= 11 is 5.67. The summed E-state index contributed by atoms with van der Waals surface area (Å²) in [7, 11) is 12.1. The van der Waals surface area contributed by atoms with Crippen LogP contribution in [0, 0.1) is 11.8 Å². The predicted octanol–water partition coefficient (Wildman–Crippen LogP) is 23.1. The van der Waals surface area contributed by atoms with Gasteiger partial charge in [-0.1, -0.05) is 186 Å². The summed E-state index contributed by atoms with van der Waals surface area (Å²) in [6, 6.07) is 50.9. The lowest BCUT2D eigenvalue weighted by Crippen LogP contribution is -2.19. The van der Waals surface area contributed by atoms with Crippen LogP contribution in [0.15, 0.2) is 169 Å².